The Morgan fingerprint density at radius 1 is 1.26 bits per heavy atom. The molecule has 2 fully saturated rings. The predicted octanol–water partition coefficient (Wildman–Crippen LogP) is 3.78. The third kappa shape index (κ3) is 4.30. The van der Waals surface area contributed by atoms with Gasteiger partial charge < -0.3 is 29.2 Å². The topological polar surface area (TPSA) is 139 Å². The second-order valence-corrected chi connectivity index (χ2v) is 12.2. The Morgan fingerprint density at radius 3 is 2.69 bits per heavy atom. The lowest BCUT2D eigenvalue weighted by Crippen LogP contribution is -2.71. The lowest BCUT2D eigenvalue weighted by molar-refractivity contribution is -0.268. The van der Waals surface area contributed by atoms with Gasteiger partial charge in [0.05, 0.1) is 18.8 Å². The highest BCUT2D eigenvalue weighted by Crippen LogP contribution is 2.67. The number of hydrogen-bond acceptors (Lipinski definition) is 9. The Bertz CT molecular complexity index is 1280. The Labute approximate surface area is 228 Å². The number of pyridine rings is 1. The number of aromatic nitrogens is 1. The summed E-state index contributed by atoms with van der Waals surface area (Å²) in [7, 11) is 0. The van der Waals surface area contributed by atoms with Crippen molar-refractivity contribution in [3.8, 4) is 17.1 Å². The summed E-state index contributed by atoms with van der Waals surface area (Å²) >= 11 is 0. The number of rotatable bonds is 6. The molecule has 3 heterocycles. The van der Waals surface area contributed by atoms with Crippen LogP contribution < -0.4 is 10.4 Å². The van der Waals surface area contributed by atoms with Crippen molar-refractivity contribution in [2.75, 3.05) is 6.61 Å². The smallest absolute Gasteiger partial charge is 0.345 e. The highest BCUT2D eigenvalue weighted by molar-refractivity contribution is 5.69. The number of hydrogen-bond donors (Lipinski definition) is 3. The summed E-state index contributed by atoms with van der Waals surface area (Å²) < 4.78 is 18.4. The summed E-state index contributed by atoms with van der Waals surface area (Å²) in [6.45, 7) is 7.44. The normalized spacial score (nSPS) is 37.2. The summed E-state index contributed by atoms with van der Waals surface area (Å²) in [5, 5.41) is 33.4. The largest absolute Gasteiger partial charge is 0.482 e. The Kier molecular flexibility index (Phi) is 7.14. The van der Waals surface area contributed by atoms with Gasteiger partial charge in [-0.05, 0) is 56.1 Å². The lowest BCUT2D eigenvalue weighted by atomic mass is 9.42. The van der Waals surface area contributed by atoms with Crippen LogP contribution in [0.25, 0.3) is 11.3 Å². The molecule has 0 saturated heterocycles. The highest BCUT2D eigenvalue weighted by Gasteiger charge is 2.70. The van der Waals surface area contributed by atoms with Gasteiger partial charge in [0.25, 0.3) is 0 Å². The third-order valence-corrected chi connectivity index (χ3v) is 9.91. The predicted molar refractivity (Wildman–Crippen MR) is 142 cm³/mol. The van der Waals surface area contributed by atoms with Gasteiger partial charge in [-0.15, -0.1) is 0 Å². The number of aliphatic hydroxyl groups excluding tert-OH is 3. The van der Waals surface area contributed by atoms with Crippen molar-refractivity contribution >= 4 is 5.97 Å². The van der Waals surface area contributed by atoms with E-state index in [1.807, 2.05) is 27.7 Å². The van der Waals surface area contributed by atoms with Gasteiger partial charge in [-0.3, -0.25) is 9.78 Å². The molecule has 0 spiro atoms. The molecule has 2 aromatic heterocycles. The maximum absolute atomic E-state index is 13.3. The van der Waals surface area contributed by atoms with E-state index in [0.29, 0.717) is 31.2 Å². The van der Waals surface area contributed by atoms with Gasteiger partial charge in [0.15, 0.2) is 0 Å². The van der Waals surface area contributed by atoms with Crippen molar-refractivity contribution in [2.45, 2.75) is 90.1 Å². The average molecular weight is 542 g/mol. The highest BCUT2D eigenvalue weighted by atomic mass is 16.6. The molecule has 0 bridgehead atoms. The molecule has 2 aromatic rings. The SMILES string of the molecule is CCCCC(=O)O[C@H]1C[C@@H]2[C@](C)(CC[C@H](O)[C@@]2(C)CO)[C@H]2[C@@H](O)c3c(cc(-c4cccnc4)oc3=O)O[C@]12C. The molecule has 3 aliphatic rings. The van der Waals surface area contributed by atoms with Crippen molar-refractivity contribution < 1.29 is 34.0 Å². The van der Waals surface area contributed by atoms with Crippen molar-refractivity contribution in [3.63, 3.8) is 0 Å². The van der Waals surface area contributed by atoms with E-state index in [1.54, 1.807) is 30.6 Å². The number of ether oxygens (including phenoxy) is 2. The number of esters is 1. The first kappa shape index (κ1) is 27.8. The minimum atomic E-state index is -1.28. The van der Waals surface area contributed by atoms with E-state index in [4.69, 9.17) is 13.9 Å². The number of aliphatic hydroxyl groups is 3. The van der Waals surface area contributed by atoms with Gasteiger partial charge in [0.2, 0.25) is 0 Å². The quantitative estimate of drug-likeness (QED) is 0.466. The van der Waals surface area contributed by atoms with E-state index in [9.17, 15) is 24.9 Å². The zero-order valence-electron chi connectivity index (χ0n) is 23.1. The molecule has 5 rings (SSSR count). The summed E-state index contributed by atoms with van der Waals surface area (Å²) in [6.07, 6.45) is 3.45. The molecular weight excluding hydrogens is 502 g/mol. The molecule has 0 radical (unpaired) electrons. The zero-order chi connectivity index (χ0) is 28.2. The second kappa shape index (κ2) is 10.0. The fraction of sp³-hybridized carbons (Fsp3) is 0.633. The van der Waals surface area contributed by atoms with Crippen LogP contribution in [0.1, 0.15) is 77.9 Å². The average Bonchev–Trinajstić information content (AvgIpc) is 2.91. The molecule has 8 atom stereocenters. The third-order valence-electron chi connectivity index (χ3n) is 9.91. The molecule has 0 amide bonds. The van der Waals surface area contributed by atoms with Crippen molar-refractivity contribution in [3.05, 3.63) is 46.6 Å². The Morgan fingerprint density at radius 2 is 2.03 bits per heavy atom. The summed E-state index contributed by atoms with van der Waals surface area (Å²) in [5.41, 5.74) is -2.82. The molecule has 9 nitrogen and oxygen atoms in total. The molecule has 2 aliphatic carbocycles. The van der Waals surface area contributed by atoms with E-state index >= 15 is 0 Å². The Hall–Kier alpha value is -2.75. The van der Waals surface area contributed by atoms with Crippen molar-refractivity contribution in [1.82, 2.24) is 4.98 Å². The van der Waals surface area contributed by atoms with Crippen LogP contribution in [0.5, 0.6) is 5.75 Å². The Balaban J connectivity index is 1.65. The first-order valence-corrected chi connectivity index (χ1v) is 13.9. The van der Waals surface area contributed by atoms with Gasteiger partial charge in [-0.25, -0.2) is 4.79 Å². The number of fused-ring (bicyclic) bond motifs is 4. The monoisotopic (exact) mass is 541 g/mol. The second-order valence-electron chi connectivity index (χ2n) is 12.2. The van der Waals surface area contributed by atoms with Crippen molar-refractivity contribution in [2.24, 2.45) is 22.7 Å². The minimum absolute atomic E-state index is 0.0277. The van der Waals surface area contributed by atoms with E-state index in [1.165, 1.54) is 0 Å². The van der Waals surface area contributed by atoms with E-state index in [0.717, 1.165) is 6.42 Å². The fourth-order valence-corrected chi connectivity index (χ4v) is 7.76. The van der Waals surface area contributed by atoms with Crippen LogP contribution in [-0.2, 0) is 9.53 Å². The van der Waals surface area contributed by atoms with Crippen LogP contribution >= 0.6 is 0 Å². The zero-order valence-corrected chi connectivity index (χ0v) is 23.1. The number of nitrogens with zero attached hydrogens (tertiary/aromatic N) is 1. The minimum Gasteiger partial charge on any atom is -0.482 e. The molecule has 212 valence electrons. The first-order valence-electron chi connectivity index (χ1n) is 13.9. The molecule has 0 unspecified atom stereocenters. The van der Waals surface area contributed by atoms with Crippen LogP contribution in [0.2, 0.25) is 0 Å². The van der Waals surface area contributed by atoms with Gasteiger partial charge in [0, 0.05) is 41.8 Å². The van der Waals surface area contributed by atoms with Gasteiger partial charge in [-0.1, -0.05) is 27.2 Å². The molecule has 0 aromatic carbocycles. The summed E-state index contributed by atoms with van der Waals surface area (Å²) in [6, 6.07) is 5.08. The number of carbonyl (C=O) groups excluding carboxylic acids is 1. The molecule has 2 saturated carbocycles. The van der Waals surface area contributed by atoms with Crippen LogP contribution in [0.15, 0.2) is 39.8 Å². The molecule has 9 heteroatoms. The number of carbonyl (C=O) groups is 1. The molecule has 39 heavy (non-hydrogen) atoms. The lowest BCUT2D eigenvalue weighted by Gasteiger charge is -2.66. The van der Waals surface area contributed by atoms with E-state index < -0.39 is 46.3 Å². The van der Waals surface area contributed by atoms with Crippen LogP contribution in [0, 0.1) is 22.7 Å². The molecular formula is C30H39NO8. The van der Waals surface area contributed by atoms with Gasteiger partial charge in [0.1, 0.15) is 28.8 Å². The first-order chi connectivity index (χ1) is 18.5. The summed E-state index contributed by atoms with van der Waals surface area (Å²) in [4.78, 5) is 30.4. The van der Waals surface area contributed by atoms with Gasteiger partial charge >= 0.3 is 11.6 Å². The maximum atomic E-state index is 13.3. The van der Waals surface area contributed by atoms with E-state index in [2.05, 4.69) is 4.98 Å². The van der Waals surface area contributed by atoms with Crippen LogP contribution in [0.3, 0.4) is 0 Å². The maximum Gasteiger partial charge on any atom is 0.345 e. The van der Waals surface area contributed by atoms with E-state index in [-0.39, 0.29) is 42.0 Å². The standard InChI is InChI=1S/C30H39NO8/c1-5-6-9-23(34)38-22-14-20-28(2,11-10-21(33)29(20,3)16-32)26-25(35)24-19(39-30(22,26)4)13-18(37-27(24)36)17-8-7-12-31-15-17/h7-8,12-13,15,20-22,25-26,32-33,35H,5-6,9-11,14,16H2,1-4H3/t20-,21+,22+,25+,26-,28+,29+,30-/m1/s1. The van der Waals surface area contributed by atoms with Crippen LogP contribution in [-0.4, -0.2) is 50.7 Å². The van der Waals surface area contributed by atoms with Crippen LogP contribution in [0.4, 0.5) is 0 Å². The summed E-state index contributed by atoms with van der Waals surface area (Å²) in [5.74, 6) is -0.909. The van der Waals surface area contributed by atoms with Gasteiger partial charge in [-0.2, -0.15) is 0 Å². The molecule has 3 N–H and O–H groups in total. The molecule has 1 aliphatic heterocycles. The number of unbranched alkanes of at least 4 members (excludes halogenated alkanes) is 1. The van der Waals surface area contributed by atoms with Crippen molar-refractivity contribution in [1.29, 1.82) is 0 Å². The fourth-order valence-electron chi connectivity index (χ4n) is 7.76.